The molecule has 0 radical (unpaired) electrons. The van der Waals surface area contributed by atoms with E-state index in [9.17, 15) is 5.11 Å². The minimum Gasteiger partial charge on any atom is -0.387 e. The summed E-state index contributed by atoms with van der Waals surface area (Å²) in [5.41, 5.74) is 0.922. The first-order chi connectivity index (χ1) is 5.75. The molecule has 2 nitrogen and oxygen atoms in total. The van der Waals surface area contributed by atoms with Crippen LogP contribution in [0.2, 0.25) is 0 Å². The van der Waals surface area contributed by atoms with Crippen molar-refractivity contribution in [3.8, 4) is 12.3 Å². The normalized spacial score (nSPS) is 12.4. The van der Waals surface area contributed by atoms with Gasteiger partial charge in [-0.25, -0.2) is 0 Å². The smallest absolute Gasteiger partial charge is 0.0911 e. The summed E-state index contributed by atoms with van der Waals surface area (Å²) in [4.78, 5) is 0. The van der Waals surface area contributed by atoms with Crippen molar-refractivity contribution in [1.29, 1.82) is 0 Å². The molecule has 0 fully saturated rings. The molecular weight excluding hydrogens is 150 g/mol. The van der Waals surface area contributed by atoms with E-state index >= 15 is 0 Å². The van der Waals surface area contributed by atoms with Crippen molar-refractivity contribution in [2.45, 2.75) is 26.0 Å². The molecule has 0 amide bonds. The second-order valence-corrected chi connectivity index (χ2v) is 2.76. The predicted octanol–water partition coefficient (Wildman–Crippen LogP) is 1.56. The zero-order chi connectivity index (χ0) is 8.97. The molecule has 0 aliphatic carbocycles. The molecule has 1 aromatic rings. The first-order valence-electron chi connectivity index (χ1n) is 4.02. The van der Waals surface area contributed by atoms with Crippen molar-refractivity contribution in [2.24, 2.45) is 0 Å². The predicted molar refractivity (Wildman–Crippen MR) is 48.5 cm³/mol. The van der Waals surface area contributed by atoms with Crippen LogP contribution >= 0.6 is 0 Å². The lowest BCUT2D eigenvalue weighted by Gasteiger charge is -2.08. The molecule has 0 aliphatic rings. The molecule has 0 aliphatic heterocycles. The molecule has 0 bridgehead atoms. The molecule has 12 heavy (non-hydrogen) atoms. The summed E-state index contributed by atoms with van der Waals surface area (Å²) >= 11 is 0. The number of aromatic nitrogens is 1. The van der Waals surface area contributed by atoms with E-state index in [0.29, 0.717) is 6.42 Å². The summed E-state index contributed by atoms with van der Waals surface area (Å²) in [5.74, 6) is 2.57. The maximum absolute atomic E-state index is 9.32. The van der Waals surface area contributed by atoms with E-state index in [2.05, 4.69) is 5.92 Å². The van der Waals surface area contributed by atoms with Crippen LogP contribution in [0.3, 0.4) is 0 Å². The van der Waals surface area contributed by atoms with E-state index in [4.69, 9.17) is 6.42 Å². The SMILES string of the molecule is C#CCCn1cccc1C(C)O. The maximum Gasteiger partial charge on any atom is 0.0911 e. The van der Waals surface area contributed by atoms with Gasteiger partial charge in [0.05, 0.1) is 6.10 Å². The highest BCUT2D eigenvalue weighted by molar-refractivity contribution is 5.09. The zero-order valence-electron chi connectivity index (χ0n) is 7.20. The average Bonchev–Trinajstić information content (AvgIpc) is 2.48. The van der Waals surface area contributed by atoms with Crippen LogP contribution in [0.25, 0.3) is 0 Å². The Hall–Kier alpha value is -1.20. The van der Waals surface area contributed by atoms with E-state index in [0.717, 1.165) is 12.2 Å². The number of aliphatic hydroxyl groups is 1. The van der Waals surface area contributed by atoms with E-state index in [1.807, 2.05) is 22.9 Å². The van der Waals surface area contributed by atoms with Crippen molar-refractivity contribution in [2.75, 3.05) is 0 Å². The highest BCUT2D eigenvalue weighted by Crippen LogP contribution is 2.12. The summed E-state index contributed by atoms with van der Waals surface area (Å²) < 4.78 is 1.98. The minimum atomic E-state index is -0.419. The Labute approximate surface area is 72.8 Å². The van der Waals surface area contributed by atoms with Gasteiger partial charge in [0.1, 0.15) is 0 Å². The Balaban J connectivity index is 2.72. The van der Waals surface area contributed by atoms with E-state index in [1.54, 1.807) is 6.92 Å². The molecule has 0 aromatic carbocycles. The molecule has 1 unspecified atom stereocenters. The van der Waals surface area contributed by atoms with Crippen LogP contribution in [0.15, 0.2) is 18.3 Å². The number of aryl methyl sites for hydroxylation is 1. The standard InChI is InChI=1S/C10H13NO/c1-3-4-7-11-8-5-6-10(11)9(2)12/h1,5-6,8-9,12H,4,7H2,2H3. The van der Waals surface area contributed by atoms with E-state index < -0.39 is 6.10 Å². The summed E-state index contributed by atoms with van der Waals surface area (Å²) in [6.45, 7) is 2.53. The Bertz CT molecular complexity index is 280. The summed E-state index contributed by atoms with van der Waals surface area (Å²) in [6, 6.07) is 3.82. The van der Waals surface area contributed by atoms with Crippen LogP contribution in [-0.2, 0) is 6.54 Å². The monoisotopic (exact) mass is 163 g/mol. The third-order valence-corrected chi connectivity index (χ3v) is 1.79. The molecule has 2 heteroatoms. The fraction of sp³-hybridized carbons (Fsp3) is 0.400. The first-order valence-corrected chi connectivity index (χ1v) is 4.02. The summed E-state index contributed by atoms with van der Waals surface area (Å²) in [6.07, 6.45) is 7.36. The maximum atomic E-state index is 9.32. The second-order valence-electron chi connectivity index (χ2n) is 2.76. The van der Waals surface area contributed by atoms with Crippen molar-refractivity contribution >= 4 is 0 Å². The third kappa shape index (κ3) is 1.90. The van der Waals surface area contributed by atoms with Crippen molar-refractivity contribution in [3.05, 3.63) is 24.0 Å². The number of nitrogens with zero attached hydrogens (tertiary/aromatic N) is 1. The largest absolute Gasteiger partial charge is 0.387 e. The van der Waals surface area contributed by atoms with Gasteiger partial charge in [-0.1, -0.05) is 0 Å². The van der Waals surface area contributed by atoms with Gasteiger partial charge in [0.25, 0.3) is 0 Å². The number of terminal acetylenes is 1. The van der Waals surface area contributed by atoms with Crippen molar-refractivity contribution in [1.82, 2.24) is 4.57 Å². The second kappa shape index (κ2) is 3.99. The van der Waals surface area contributed by atoms with Gasteiger partial charge in [-0.05, 0) is 19.1 Å². The van der Waals surface area contributed by atoms with E-state index in [-0.39, 0.29) is 0 Å². The third-order valence-electron chi connectivity index (χ3n) is 1.79. The Morgan fingerprint density at radius 3 is 3.08 bits per heavy atom. The summed E-state index contributed by atoms with van der Waals surface area (Å²) in [7, 11) is 0. The van der Waals surface area contributed by atoms with Gasteiger partial charge in [0.2, 0.25) is 0 Å². The highest BCUT2D eigenvalue weighted by atomic mass is 16.3. The molecule has 1 aromatic heterocycles. The number of hydrogen-bond donors (Lipinski definition) is 1. The topological polar surface area (TPSA) is 25.2 Å². The Morgan fingerprint density at radius 2 is 2.50 bits per heavy atom. The van der Waals surface area contributed by atoms with Crippen LogP contribution in [0.1, 0.15) is 25.1 Å². The molecule has 1 heterocycles. The van der Waals surface area contributed by atoms with Crippen LogP contribution in [0.4, 0.5) is 0 Å². The van der Waals surface area contributed by atoms with Crippen LogP contribution in [0.5, 0.6) is 0 Å². The first kappa shape index (κ1) is 8.89. The fourth-order valence-corrected chi connectivity index (χ4v) is 1.20. The van der Waals surface area contributed by atoms with Gasteiger partial charge in [-0.3, -0.25) is 0 Å². The lowest BCUT2D eigenvalue weighted by Crippen LogP contribution is -2.04. The average molecular weight is 163 g/mol. The number of rotatable bonds is 3. The summed E-state index contributed by atoms with van der Waals surface area (Å²) in [5, 5.41) is 9.32. The van der Waals surface area contributed by atoms with Gasteiger partial charge >= 0.3 is 0 Å². The van der Waals surface area contributed by atoms with Gasteiger partial charge in [-0.15, -0.1) is 12.3 Å². The molecular formula is C10H13NO. The highest BCUT2D eigenvalue weighted by Gasteiger charge is 2.04. The van der Waals surface area contributed by atoms with Gasteiger partial charge < -0.3 is 9.67 Å². The lowest BCUT2D eigenvalue weighted by molar-refractivity contribution is 0.189. The van der Waals surface area contributed by atoms with Crippen molar-refractivity contribution < 1.29 is 5.11 Å². The zero-order valence-corrected chi connectivity index (χ0v) is 7.20. The molecule has 0 spiro atoms. The quantitative estimate of drug-likeness (QED) is 0.672. The van der Waals surface area contributed by atoms with E-state index in [1.165, 1.54) is 0 Å². The van der Waals surface area contributed by atoms with Crippen LogP contribution in [-0.4, -0.2) is 9.67 Å². The van der Waals surface area contributed by atoms with Crippen LogP contribution < -0.4 is 0 Å². The van der Waals surface area contributed by atoms with Gasteiger partial charge in [-0.2, -0.15) is 0 Å². The number of hydrogen-bond acceptors (Lipinski definition) is 1. The van der Waals surface area contributed by atoms with Gasteiger partial charge in [0, 0.05) is 24.9 Å². The number of aliphatic hydroxyl groups excluding tert-OH is 1. The molecule has 0 saturated carbocycles. The Morgan fingerprint density at radius 1 is 1.75 bits per heavy atom. The molecule has 1 N–H and O–H groups in total. The minimum absolute atomic E-state index is 0.419. The molecule has 1 rings (SSSR count). The molecule has 1 atom stereocenters. The lowest BCUT2D eigenvalue weighted by atomic mass is 10.3. The Kier molecular flexibility index (Phi) is 2.95. The van der Waals surface area contributed by atoms with Crippen LogP contribution in [0, 0.1) is 12.3 Å². The molecule has 64 valence electrons. The van der Waals surface area contributed by atoms with Gasteiger partial charge in [0.15, 0.2) is 0 Å². The fourth-order valence-electron chi connectivity index (χ4n) is 1.20. The van der Waals surface area contributed by atoms with Crippen molar-refractivity contribution in [3.63, 3.8) is 0 Å². The molecule has 0 saturated heterocycles.